The summed E-state index contributed by atoms with van der Waals surface area (Å²) < 4.78 is 32.5. The molecule has 0 aromatic heterocycles. The maximum Gasteiger partial charge on any atom is 0.269 e. The Morgan fingerprint density at radius 3 is 2.48 bits per heavy atom. The highest BCUT2D eigenvalue weighted by atomic mass is 32.2. The second-order valence-corrected chi connectivity index (χ2v) is 10.6. The van der Waals surface area contributed by atoms with Crippen LogP contribution in [0.3, 0.4) is 0 Å². The third kappa shape index (κ3) is 4.48. The van der Waals surface area contributed by atoms with E-state index in [2.05, 4.69) is 29.2 Å². The van der Waals surface area contributed by atoms with Crippen LogP contribution < -0.4 is 4.74 Å². The van der Waals surface area contributed by atoms with Gasteiger partial charge in [0.15, 0.2) is 0 Å². The standard InChI is InChI=1S/C26H28N2O4S/c29-26-24-10-4-5-11-25(24)33(30,31)28(26)16-7-1-6-15-27-17-14-23(19-27)32-22-13-12-20-8-2-3-9-21(20)18-22/h2-5,8-13,18,23H,1,6-7,14-17,19H2. The number of benzene rings is 3. The molecule has 1 amide bonds. The zero-order valence-electron chi connectivity index (χ0n) is 18.5. The van der Waals surface area contributed by atoms with E-state index in [9.17, 15) is 13.2 Å². The summed E-state index contributed by atoms with van der Waals surface area (Å²) in [6.07, 6.45) is 3.71. The van der Waals surface area contributed by atoms with Gasteiger partial charge in [-0.2, -0.15) is 0 Å². The number of hydrogen-bond acceptors (Lipinski definition) is 5. The predicted molar refractivity (Wildman–Crippen MR) is 128 cm³/mol. The topological polar surface area (TPSA) is 66.9 Å². The van der Waals surface area contributed by atoms with Gasteiger partial charge in [0.05, 0.1) is 5.56 Å². The van der Waals surface area contributed by atoms with Crippen molar-refractivity contribution in [2.24, 2.45) is 0 Å². The lowest BCUT2D eigenvalue weighted by Gasteiger charge is -2.18. The fourth-order valence-electron chi connectivity index (χ4n) is 4.75. The minimum atomic E-state index is -3.69. The van der Waals surface area contributed by atoms with Crippen LogP contribution in [0.1, 0.15) is 36.0 Å². The average molecular weight is 465 g/mol. The van der Waals surface area contributed by atoms with Gasteiger partial charge in [-0.15, -0.1) is 0 Å². The van der Waals surface area contributed by atoms with Gasteiger partial charge in [0.2, 0.25) is 0 Å². The summed E-state index contributed by atoms with van der Waals surface area (Å²) in [5.74, 6) is 0.511. The van der Waals surface area contributed by atoms with Gasteiger partial charge in [0.1, 0.15) is 16.7 Å². The summed E-state index contributed by atoms with van der Waals surface area (Å²) in [7, 11) is -3.69. The summed E-state index contributed by atoms with van der Waals surface area (Å²) in [5, 5.41) is 2.40. The number of carbonyl (C=O) groups is 1. The van der Waals surface area contributed by atoms with Gasteiger partial charge in [-0.1, -0.05) is 48.9 Å². The highest BCUT2D eigenvalue weighted by Gasteiger charge is 2.40. The molecule has 0 radical (unpaired) electrons. The minimum Gasteiger partial charge on any atom is -0.489 e. The Balaban J connectivity index is 1.05. The molecule has 1 fully saturated rings. The Hall–Kier alpha value is -2.90. The maximum atomic E-state index is 12.6. The molecule has 0 N–H and O–H groups in total. The first-order chi connectivity index (χ1) is 16.0. The average Bonchev–Trinajstić information content (AvgIpc) is 3.34. The number of carbonyl (C=O) groups excluding carboxylic acids is 1. The Labute approximate surface area is 194 Å². The van der Waals surface area contributed by atoms with Crippen LogP contribution in [0.2, 0.25) is 0 Å². The Bertz CT molecular complexity index is 1270. The van der Waals surface area contributed by atoms with E-state index in [1.807, 2.05) is 18.2 Å². The van der Waals surface area contributed by atoms with Gasteiger partial charge in [-0.25, -0.2) is 12.7 Å². The van der Waals surface area contributed by atoms with Crippen LogP contribution >= 0.6 is 0 Å². The first-order valence-corrected chi connectivity index (χ1v) is 13.0. The number of rotatable bonds is 8. The van der Waals surface area contributed by atoms with Crippen molar-refractivity contribution in [1.29, 1.82) is 0 Å². The molecule has 2 aliphatic heterocycles. The predicted octanol–water partition coefficient (Wildman–Crippen LogP) is 4.31. The molecule has 0 saturated carbocycles. The number of amides is 1. The molecule has 0 bridgehead atoms. The number of sulfonamides is 1. The van der Waals surface area contributed by atoms with E-state index in [-0.39, 0.29) is 23.1 Å². The first kappa shape index (κ1) is 21.9. The van der Waals surface area contributed by atoms with Crippen LogP contribution in [0.15, 0.2) is 71.6 Å². The van der Waals surface area contributed by atoms with Crippen molar-refractivity contribution in [3.8, 4) is 5.75 Å². The highest BCUT2D eigenvalue weighted by molar-refractivity contribution is 7.90. The van der Waals surface area contributed by atoms with E-state index in [1.165, 1.54) is 16.8 Å². The molecule has 1 saturated heterocycles. The summed E-state index contributed by atoms with van der Waals surface area (Å²) in [5.41, 5.74) is 0.284. The van der Waals surface area contributed by atoms with Crippen molar-refractivity contribution in [2.75, 3.05) is 26.2 Å². The van der Waals surface area contributed by atoms with Gasteiger partial charge in [0, 0.05) is 19.6 Å². The normalized spacial score (nSPS) is 19.8. The highest BCUT2D eigenvalue weighted by Crippen LogP contribution is 2.30. The second kappa shape index (κ2) is 9.15. The van der Waals surface area contributed by atoms with E-state index in [4.69, 9.17) is 4.74 Å². The lowest BCUT2D eigenvalue weighted by molar-refractivity contribution is 0.0869. The smallest absolute Gasteiger partial charge is 0.269 e. The molecule has 1 atom stereocenters. The molecule has 6 nitrogen and oxygen atoms in total. The lowest BCUT2D eigenvalue weighted by Crippen LogP contribution is -2.31. The molecule has 5 rings (SSSR count). The third-order valence-electron chi connectivity index (χ3n) is 6.50. The summed E-state index contributed by atoms with van der Waals surface area (Å²) in [6.45, 7) is 3.11. The first-order valence-electron chi connectivity index (χ1n) is 11.6. The van der Waals surface area contributed by atoms with Crippen molar-refractivity contribution >= 4 is 26.7 Å². The molecule has 3 aromatic rings. The van der Waals surface area contributed by atoms with Crippen molar-refractivity contribution in [2.45, 2.75) is 36.7 Å². The van der Waals surface area contributed by atoms with Crippen molar-refractivity contribution < 1.29 is 17.9 Å². The van der Waals surface area contributed by atoms with Crippen molar-refractivity contribution in [3.63, 3.8) is 0 Å². The second-order valence-electron chi connectivity index (χ2n) is 8.78. The number of fused-ring (bicyclic) bond motifs is 2. The molecule has 7 heteroatoms. The number of unbranched alkanes of at least 4 members (excludes halogenated alkanes) is 2. The van der Waals surface area contributed by atoms with E-state index >= 15 is 0 Å². The number of likely N-dealkylation sites (tertiary alicyclic amines) is 1. The van der Waals surface area contributed by atoms with E-state index in [0.29, 0.717) is 6.42 Å². The van der Waals surface area contributed by atoms with Crippen molar-refractivity contribution in [1.82, 2.24) is 9.21 Å². The van der Waals surface area contributed by atoms with Crippen LogP contribution in [0.25, 0.3) is 10.8 Å². The summed E-state index contributed by atoms with van der Waals surface area (Å²) in [6, 6.07) is 21.0. The van der Waals surface area contributed by atoms with Crippen molar-refractivity contribution in [3.05, 3.63) is 72.3 Å². The van der Waals surface area contributed by atoms with Gasteiger partial charge < -0.3 is 4.74 Å². The van der Waals surface area contributed by atoms with E-state index in [0.717, 1.165) is 49.0 Å². The molecule has 0 aliphatic carbocycles. The van der Waals surface area contributed by atoms with E-state index in [1.54, 1.807) is 18.2 Å². The summed E-state index contributed by atoms with van der Waals surface area (Å²) in [4.78, 5) is 15.0. The fourth-order valence-corrected chi connectivity index (χ4v) is 6.36. The van der Waals surface area contributed by atoms with Crippen LogP contribution in [-0.2, 0) is 10.0 Å². The van der Waals surface area contributed by atoms with Gasteiger partial charge in [0.25, 0.3) is 15.9 Å². The maximum absolute atomic E-state index is 12.6. The molecule has 33 heavy (non-hydrogen) atoms. The van der Waals surface area contributed by atoms with Gasteiger partial charge in [-0.05, 0) is 60.8 Å². The fraction of sp³-hybridized carbons (Fsp3) is 0.346. The minimum absolute atomic E-state index is 0.129. The Morgan fingerprint density at radius 1 is 0.879 bits per heavy atom. The van der Waals surface area contributed by atoms with Crippen LogP contribution in [0.4, 0.5) is 0 Å². The molecule has 1 unspecified atom stereocenters. The van der Waals surface area contributed by atoms with Crippen LogP contribution in [-0.4, -0.2) is 55.8 Å². The molecule has 3 aromatic carbocycles. The lowest BCUT2D eigenvalue weighted by atomic mass is 10.1. The van der Waals surface area contributed by atoms with Crippen LogP contribution in [0, 0.1) is 0 Å². The largest absolute Gasteiger partial charge is 0.489 e. The molecule has 172 valence electrons. The molecule has 2 heterocycles. The number of nitrogens with zero attached hydrogens (tertiary/aromatic N) is 2. The van der Waals surface area contributed by atoms with Gasteiger partial charge in [-0.3, -0.25) is 9.69 Å². The monoisotopic (exact) mass is 464 g/mol. The van der Waals surface area contributed by atoms with Crippen LogP contribution in [0.5, 0.6) is 5.75 Å². The Kier molecular flexibility index (Phi) is 6.08. The van der Waals surface area contributed by atoms with Gasteiger partial charge >= 0.3 is 0 Å². The molecular weight excluding hydrogens is 436 g/mol. The Morgan fingerprint density at radius 2 is 1.64 bits per heavy atom. The summed E-state index contributed by atoms with van der Waals surface area (Å²) >= 11 is 0. The zero-order valence-corrected chi connectivity index (χ0v) is 19.3. The number of hydrogen-bond donors (Lipinski definition) is 0. The quantitative estimate of drug-likeness (QED) is 0.465. The number of ether oxygens (including phenoxy) is 1. The molecular formula is C26H28N2O4S. The van der Waals surface area contributed by atoms with E-state index < -0.39 is 15.9 Å². The third-order valence-corrected chi connectivity index (χ3v) is 8.34. The SMILES string of the molecule is O=C1c2ccccc2S(=O)(=O)N1CCCCCN1CCC(Oc2ccc3ccccc3c2)C1. The molecule has 0 spiro atoms. The zero-order chi connectivity index (χ0) is 22.8. The molecule has 2 aliphatic rings.